The molecule has 3 nitrogen and oxygen atoms in total. The third-order valence-electron chi connectivity index (χ3n) is 3.17. The van der Waals surface area contributed by atoms with E-state index in [0.29, 0.717) is 19.1 Å². The molecule has 1 spiro atoms. The molecular formula is C9H16O3. The second-order valence-electron chi connectivity index (χ2n) is 3.81. The molecule has 0 aromatic rings. The molecule has 2 rings (SSSR count). The van der Waals surface area contributed by atoms with E-state index in [-0.39, 0.29) is 12.5 Å². The maximum Gasteiger partial charge on any atom is 0.173 e. The molecule has 0 amide bonds. The van der Waals surface area contributed by atoms with Crippen molar-refractivity contribution >= 4 is 0 Å². The van der Waals surface area contributed by atoms with Crippen molar-refractivity contribution in [3.05, 3.63) is 0 Å². The van der Waals surface area contributed by atoms with Crippen LogP contribution >= 0.6 is 0 Å². The van der Waals surface area contributed by atoms with Crippen LogP contribution in [-0.2, 0) is 9.47 Å². The van der Waals surface area contributed by atoms with Crippen LogP contribution in [-0.4, -0.2) is 30.7 Å². The minimum absolute atomic E-state index is 0.181. The van der Waals surface area contributed by atoms with E-state index in [1.54, 1.807) is 0 Å². The van der Waals surface area contributed by atoms with Crippen molar-refractivity contribution in [2.24, 2.45) is 11.8 Å². The van der Waals surface area contributed by atoms with E-state index in [0.717, 1.165) is 12.8 Å². The fourth-order valence-corrected chi connectivity index (χ4v) is 2.40. The Hall–Kier alpha value is -0.120. The summed E-state index contributed by atoms with van der Waals surface area (Å²) in [7, 11) is 0. The van der Waals surface area contributed by atoms with Gasteiger partial charge < -0.3 is 14.6 Å². The topological polar surface area (TPSA) is 38.7 Å². The minimum Gasteiger partial charge on any atom is -0.396 e. The van der Waals surface area contributed by atoms with Gasteiger partial charge in [-0.1, -0.05) is 6.92 Å². The number of ether oxygens (including phenoxy) is 2. The van der Waals surface area contributed by atoms with Gasteiger partial charge in [0.25, 0.3) is 0 Å². The predicted molar refractivity (Wildman–Crippen MR) is 43.6 cm³/mol. The fraction of sp³-hybridized carbons (Fsp3) is 1.00. The van der Waals surface area contributed by atoms with Gasteiger partial charge in [-0.05, 0) is 12.3 Å². The molecule has 0 aromatic carbocycles. The molecule has 2 atom stereocenters. The average Bonchev–Trinajstić information content (AvgIpc) is 2.63. The van der Waals surface area contributed by atoms with Crippen LogP contribution in [0.3, 0.4) is 0 Å². The molecule has 0 bridgehead atoms. The highest BCUT2D eigenvalue weighted by molar-refractivity contribution is 4.92. The first kappa shape index (κ1) is 8.48. The SMILES string of the molecule is CC1CCC2(OCCO2)C1CO. The number of hydrogen-bond acceptors (Lipinski definition) is 3. The Morgan fingerprint density at radius 2 is 2.08 bits per heavy atom. The van der Waals surface area contributed by atoms with Crippen molar-refractivity contribution in [3.63, 3.8) is 0 Å². The van der Waals surface area contributed by atoms with Crippen molar-refractivity contribution < 1.29 is 14.6 Å². The van der Waals surface area contributed by atoms with Gasteiger partial charge in [-0.15, -0.1) is 0 Å². The molecule has 1 aliphatic carbocycles. The van der Waals surface area contributed by atoms with Crippen LogP contribution in [0.5, 0.6) is 0 Å². The zero-order valence-corrected chi connectivity index (χ0v) is 7.45. The van der Waals surface area contributed by atoms with E-state index in [4.69, 9.17) is 9.47 Å². The predicted octanol–water partition coefficient (Wildman–Crippen LogP) is 0.768. The normalized spacial score (nSPS) is 39.5. The zero-order valence-electron chi connectivity index (χ0n) is 7.45. The first-order chi connectivity index (χ1) is 5.78. The summed E-state index contributed by atoms with van der Waals surface area (Å²) >= 11 is 0. The molecule has 0 radical (unpaired) electrons. The third kappa shape index (κ3) is 1.08. The summed E-state index contributed by atoms with van der Waals surface area (Å²) in [6.07, 6.45) is 2.05. The van der Waals surface area contributed by atoms with Gasteiger partial charge >= 0.3 is 0 Å². The van der Waals surface area contributed by atoms with E-state index >= 15 is 0 Å². The first-order valence-electron chi connectivity index (χ1n) is 4.67. The molecule has 2 fully saturated rings. The number of aliphatic hydroxyl groups excluding tert-OH is 1. The molecule has 12 heavy (non-hydrogen) atoms. The van der Waals surface area contributed by atoms with Gasteiger partial charge in [0.1, 0.15) is 0 Å². The summed E-state index contributed by atoms with van der Waals surface area (Å²) < 4.78 is 11.2. The zero-order chi connectivity index (χ0) is 8.60. The summed E-state index contributed by atoms with van der Waals surface area (Å²) in [5, 5.41) is 9.20. The van der Waals surface area contributed by atoms with Crippen molar-refractivity contribution in [2.75, 3.05) is 19.8 Å². The van der Waals surface area contributed by atoms with Crippen molar-refractivity contribution in [2.45, 2.75) is 25.6 Å². The van der Waals surface area contributed by atoms with Gasteiger partial charge in [0.2, 0.25) is 0 Å². The van der Waals surface area contributed by atoms with Crippen LogP contribution < -0.4 is 0 Å². The van der Waals surface area contributed by atoms with Gasteiger partial charge in [-0.25, -0.2) is 0 Å². The highest BCUT2D eigenvalue weighted by Crippen LogP contribution is 2.45. The summed E-state index contributed by atoms with van der Waals surface area (Å²) in [6, 6.07) is 0. The Morgan fingerprint density at radius 3 is 2.67 bits per heavy atom. The van der Waals surface area contributed by atoms with E-state index in [9.17, 15) is 5.11 Å². The number of aliphatic hydroxyl groups is 1. The van der Waals surface area contributed by atoms with Gasteiger partial charge in [-0.2, -0.15) is 0 Å². The largest absolute Gasteiger partial charge is 0.396 e. The smallest absolute Gasteiger partial charge is 0.173 e. The standard InChI is InChI=1S/C9H16O3/c1-7-2-3-9(8(7)6-10)11-4-5-12-9/h7-8,10H,2-6H2,1H3. The maximum atomic E-state index is 9.20. The Labute approximate surface area is 72.7 Å². The molecule has 70 valence electrons. The number of hydrogen-bond donors (Lipinski definition) is 1. The van der Waals surface area contributed by atoms with Crippen LogP contribution in [0.1, 0.15) is 19.8 Å². The van der Waals surface area contributed by atoms with Crippen LogP contribution in [0.4, 0.5) is 0 Å². The number of rotatable bonds is 1. The molecule has 1 saturated carbocycles. The molecule has 1 N–H and O–H groups in total. The molecule has 2 aliphatic rings. The highest BCUT2D eigenvalue weighted by atomic mass is 16.7. The van der Waals surface area contributed by atoms with Gasteiger partial charge in [-0.3, -0.25) is 0 Å². The molecular weight excluding hydrogens is 156 g/mol. The Bertz CT molecular complexity index is 163. The summed E-state index contributed by atoms with van der Waals surface area (Å²) in [4.78, 5) is 0. The van der Waals surface area contributed by atoms with Gasteiger partial charge in [0.05, 0.1) is 19.8 Å². The molecule has 3 heteroatoms. The second kappa shape index (κ2) is 2.98. The lowest BCUT2D eigenvalue weighted by molar-refractivity contribution is -0.192. The molecule has 1 heterocycles. The van der Waals surface area contributed by atoms with Crippen molar-refractivity contribution in [3.8, 4) is 0 Å². The van der Waals surface area contributed by atoms with Crippen LogP contribution in [0.25, 0.3) is 0 Å². The van der Waals surface area contributed by atoms with Crippen LogP contribution in [0, 0.1) is 11.8 Å². The monoisotopic (exact) mass is 172 g/mol. The van der Waals surface area contributed by atoms with E-state index in [2.05, 4.69) is 6.92 Å². The summed E-state index contributed by atoms with van der Waals surface area (Å²) in [5.41, 5.74) is 0. The van der Waals surface area contributed by atoms with E-state index < -0.39 is 5.79 Å². The van der Waals surface area contributed by atoms with E-state index in [1.807, 2.05) is 0 Å². The van der Waals surface area contributed by atoms with Crippen molar-refractivity contribution in [1.29, 1.82) is 0 Å². The quantitative estimate of drug-likeness (QED) is 0.635. The average molecular weight is 172 g/mol. The Morgan fingerprint density at radius 1 is 1.42 bits per heavy atom. The third-order valence-corrected chi connectivity index (χ3v) is 3.17. The summed E-state index contributed by atoms with van der Waals surface area (Å²) in [6.45, 7) is 3.70. The highest BCUT2D eigenvalue weighted by Gasteiger charge is 2.50. The first-order valence-corrected chi connectivity index (χ1v) is 4.67. The van der Waals surface area contributed by atoms with Gasteiger partial charge in [0.15, 0.2) is 5.79 Å². The minimum atomic E-state index is -0.422. The Kier molecular flexibility index (Phi) is 2.10. The van der Waals surface area contributed by atoms with Crippen LogP contribution in [0.2, 0.25) is 0 Å². The second-order valence-corrected chi connectivity index (χ2v) is 3.81. The lowest BCUT2D eigenvalue weighted by Crippen LogP contribution is -2.38. The molecule has 2 unspecified atom stereocenters. The van der Waals surface area contributed by atoms with Crippen LogP contribution in [0.15, 0.2) is 0 Å². The molecule has 1 aliphatic heterocycles. The Balaban J connectivity index is 2.14. The molecule has 0 aromatic heterocycles. The van der Waals surface area contributed by atoms with E-state index in [1.165, 1.54) is 0 Å². The summed E-state index contributed by atoms with van der Waals surface area (Å²) in [5.74, 6) is 0.279. The van der Waals surface area contributed by atoms with Gasteiger partial charge in [0, 0.05) is 12.3 Å². The lowest BCUT2D eigenvalue weighted by atomic mass is 9.95. The lowest BCUT2D eigenvalue weighted by Gasteiger charge is -2.29. The molecule has 1 saturated heterocycles. The maximum absolute atomic E-state index is 9.20. The van der Waals surface area contributed by atoms with Crippen molar-refractivity contribution in [1.82, 2.24) is 0 Å². The fourth-order valence-electron chi connectivity index (χ4n) is 2.40.